The van der Waals surface area contributed by atoms with Crippen molar-refractivity contribution in [3.05, 3.63) is 77.9 Å². The molecule has 6 rings (SSSR count). The van der Waals surface area contributed by atoms with Crippen LogP contribution in [0.2, 0.25) is 0 Å². The van der Waals surface area contributed by atoms with Crippen LogP contribution in [0.4, 0.5) is 5.69 Å². The second-order valence-electron chi connectivity index (χ2n) is 10.3. The Morgan fingerprint density at radius 3 is 2.31 bits per heavy atom. The first-order valence-electron chi connectivity index (χ1n) is 11.6. The summed E-state index contributed by atoms with van der Waals surface area (Å²) in [5, 5.41) is 11.0. The van der Waals surface area contributed by atoms with Crippen LogP contribution in [-0.2, 0) is 28.3 Å². The summed E-state index contributed by atoms with van der Waals surface area (Å²) in [7, 11) is -3.27. The van der Waals surface area contributed by atoms with Gasteiger partial charge in [0.25, 0.3) is 0 Å². The SMILES string of the molecule is C=CC1(c2cccc(NS(=O)(=O)C3CC3)c2)C2CN(CC3(O)Cc4ccccc4C3)CC21. The highest BCUT2D eigenvalue weighted by molar-refractivity contribution is 7.93. The normalized spacial score (nSPS) is 30.5. The highest BCUT2D eigenvalue weighted by Crippen LogP contribution is 2.64. The van der Waals surface area contributed by atoms with Gasteiger partial charge < -0.3 is 5.11 Å². The van der Waals surface area contributed by atoms with Crippen molar-refractivity contribution in [2.45, 2.75) is 41.9 Å². The van der Waals surface area contributed by atoms with E-state index >= 15 is 0 Å². The summed E-state index contributed by atoms with van der Waals surface area (Å²) >= 11 is 0. The van der Waals surface area contributed by atoms with Gasteiger partial charge in [-0.15, -0.1) is 6.58 Å². The van der Waals surface area contributed by atoms with Gasteiger partial charge in [-0.3, -0.25) is 9.62 Å². The number of likely N-dealkylation sites (tertiary alicyclic amines) is 1. The molecule has 168 valence electrons. The van der Waals surface area contributed by atoms with Crippen molar-refractivity contribution >= 4 is 15.7 Å². The highest BCUT2D eigenvalue weighted by Gasteiger charge is 2.67. The number of nitrogens with one attached hydrogen (secondary N) is 1. The Balaban J connectivity index is 1.15. The molecule has 2 N–H and O–H groups in total. The van der Waals surface area contributed by atoms with Gasteiger partial charge in [-0.05, 0) is 53.5 Å². The number of fused-ring (bicyclic) bond motifs is 2. The van der Waals surface area contributed by atoms with Crippen molar-refractivity contribution in [1.82, 2.24) is 4.90 Å². The molecule has 5 nitrogen and oxygen atoms in total. The quantitative estimate of drug-likeness (QED) is 0.636. The van der Waals surface area contributed by atoms with Gasteiger partial charge in [-0.2, -0.15) is 0 Å². The van der Waals surface area contributed by atoms with Crippen LogP contribution in [0, 0.1) is 11.8 Å². The van der Waals surface area contributed by atoms with Gasteiger partial charge >= 0.3 is 0 Å². The molecule has 0 spiro atoms. The minimum atomic E-state index is -3.27. The lowest BCUT2D eigenvalue weighted by Crippen LogP contribution is -2.44. The summed E-state index contributed by atoms with van der Waals surface area (Å²) in [5.74, 6) is 0.922. The maximum absolute atomic E-state index is 12.4. The number of anilines is 1. The van der Waals surface area contributed by atoms with Crippen LogP contribution >= 0.6 is 0 Å². The molecular weight excluding hydrogens is 420 g/mol. The molecule has 1 aliphatic heterocycles. The van der Waals surface area contributed by atoms with E-state index in [0.29, 0.717) is 24.1 Å². The second-order valence-corrected chi connectivity index (χ2v) is 12.3. The summed E-state index contributed by atoms with van der Waals surface area (Å²) < 4.78 is 27.5. The molecule has 6 heteroatoms. The topological polar surface area (TPSA) is 69.6 Å². The van der Waals surface area contributed by atoms with Crippen LogP contribution in [0.15, 0.2) is 61.2 Å². The molecule has 2 aromatic rings. The lowest BCUT2D eigenvalue weighted by molar-refractivity contribution is 0.0146. The summed E-state index contributed by atoms with van der Waals surface area (Å²) in [6.07, 6.45) is 5.02. The number of β-amino-alcohol motifs (C(OH)–C–C–N with tert-alkyl or cyclic N) is 1. The molecule has 0 radical (unpaired) electrons. The predicted octanol–water partition coefficient (Wildman–Crippen LogP) is 3.11. The van der Waals surface area contributed by atoms with Crippen LogP contribution in [0.1, 0.15) is 29.5 Å². The maximum atomic E-state index is 12.4. The van der Waals surface area contributed by atoms with E-state index in [1.54, 1.807) is 0 Å². The Morgan fingerprint density at radius 1 is 1.06 bits per heavy atom. The van der Waals surface area contributed by atoms with Crippen molar-refractivity contribution in [3.63, 3.8) is 0 Å². The molecule has 4 aliphatic rings. The Kier molecular flexibility index (Phi) is 4.43. The van der Waals surface area contributed by atoms with E-state index in [2.05, 4.69) is 40.5 Å². The molecule has 1 heterocycles. The van der Waals surface area contributed by atoms with Gasteiger partial charge in [0.05, 0.1) is 10.9 Å². The standard InChI is InChI=1S/C26H30N2O3S/c1-2-26(20-8-5-9-21(12-20)27-32(30,31)22-10-11-22)23-15-28(16-24(23)26)17-25(29)13-18-6-3-4-7-19(18)14-25/h2-9,12,22-24,27,29H,1,10-11,13-17H2. The third-order valence-electron chi connectivity index (χ3n) is 8.11. The van der Waals surface area contributed by atoms with Crippen molar-refractivity contribution < 1.29 is 13.5 Å². The molecule has 3 aliphatic carbocycles. The average Bonchev–Trinajstić information content (AvgIpc) is 3.63. The van der Waals surface area contributed by atoms with Gasteiger partial charge in [0.1, 0.15) is 0 Å². The first-order valence-corrected chi connectivity index (χ1v) is 13.1. The lowest BCUT2D eigenvalue weighted by atomic mass is 9.89. The number of rotatable bonds is 7. The molecule has 2 saturated carbocycles. The number of piperidine rings is 1. The predicted molar refractivity (Wildman–Crippen MR) is 126 cm³/mol. The van der Waals surface area contributed by atoms with Gasteiger partial charge in [0.2, 0.25) is 10.0 Å². The molecule has 3 fully saturated rings. The number of nitrogens with zero attached hydrogens (tertiary/aromatic N) is 1. The van der Waals surface area contributed by atoms with Crippen molar-refractivity contribution in [2.24, 2.45) is 11.8 Å². The van der Waals surface area contributed by atoms with Crippen LogP contribution < -0.4 is 4.72 Å². The molecule has 32 heavy (non-hydrogen) atoms. The number of aliphatic hydroxyl groups is 1. The fourth-order valence-electron chi connectivity index (χ4n) is 6.41. The molecule has 2 aromatic carbocycles. The highest BCUT2D eigenvalue weighted by atomic mass is 32.2. The summed E-state index contributed by atoms with van der Waals surface area (Å²) in [4.78, 5) is 2.41. The fraction of sp³-hybridized carbons (Fsp3) is 0.462. The monoisotopic (exact) mass is 450 g/mol. The fourth-order valence-corrected chi connectivity index (χ4v) is 7.79. The zero-order chi connectivity index (χ0) is 22.1. The summed E-state index contributed by atoms with van der Waals surface area (Å²) in [6, 6.07) is 16.2. The Labute approximate surface area is 190 Å². The first-order chi connectivity index (χ1) is 15.3. The number of hydrogen-bond donors (Lipinski definition) is 2. The van der Waals surface area contributed by atoms with E-state index in [1.807, 2.05) is 30.3 Å². The van der Waals surface area contributed by atoms with E-state index in [0.717, 1.165) is 44.3 Å². The zero-order valence-corrected chi connectivity index (χ0v) is 19.0. The van der Waals surface area contributed by atoms with Crippen LogP contribution in [-0.4, -0.2) is 48.9 Å². The van der Waals surface area contributed by atoms with E-state index in [1.165, 1.54) is 11.1 Å². The van der Waals surface area contributed by atoms with Gasteiger partial charge in [0, 0.05) is 43.6 Å². The molecule has 0 aromatic heterocycles. The van der Waals surface area contributed by atoms with Crippen LogP contribution in [0.5, 0.6) is 0 Å². The largest absolute Gasteiger partial charge is 0.388 e. The van der Waals surface area contributed by atoms with Crippen molar-refractivity contribution in [3.8, 4) is 0 Å². The Morgan fingerprint density at radius 2 is 1.72 bits per heavy atom. The van der Waals surface area contributed by atoms with Gasteiger partial charge in [-0.25, -0.2) is 8.42 Å². The minimum absolute atomic E-state index is 0.0984. The second kappa shape index (κ2) is 6.92. The Hall–Kier alpha value is -2.15. The molecule has 0 amide bonds. The minimum Gasteiger partial charge on any atom is -0.388 e. The van der Waals surface area contributed by atoms with Crippen LogP contribution in [0.25, 0.3) is 0 Å². The Bertz CT molecular complexity index is 1150. The van der Waals surface area contributed by atoms with Crippen molar-refractivity contribution in [1.29, 1.82) is 0 Å². The maximum Gasteiger partial charge on any atom is 0.235 e. The van der Waals surface area contributed by atoms with E-state index in [-0.39, 0.29) is 10.7 Å². The van der Waals surface area contributed by atoms with Crippen LogP contribution in [0.3, 0.4) is 0 Å². The molecule has 0 bridgehead atoms. The smallest absolute Gasteiger partial charge is 0.235 e. The number of hydrogen-bond acceptors (Lipinski definition) is 4. The molecule has 2 atom stereocenters. The lowest BCUT2D eigenvalue weighted by Gasteiger charge is -2.32. The van der Waals surface area contributed by atoms with Crippen molar-refractivity contribution in [2.75, 3.05) is 24.4 Å². The van der Waals surface area contributed by atoms with E-state index < -0.39 is 15.6 Å². The molecule has 2 unspecified atom stereocenters. The average molecular weight is 451 g/mol. The number of allylic oxidation sites excluding steroid dienone is 1. The van der Waals surface area contributed by atoms with Gasteiger partial charge in [-0.1, -0.05) is 42.5 Å². The molecular formula is C26H30N2O3S. The first kappa shape index (κ1) is 20.5. The van der Waals surface area contributed by atoms with E-state index in [9.17, 15) is 13.5 Å². The van der Waals surface area contributed by atoms with Gasteiger partial charge in [0.15, 0.2) is 0 Å². The number of sulfonamides is 1. The summed E-state index contributed by atoms with van der Waals surface area (Å²) in [5.41, 5.74) is 3.55. The summed E-state index contributed by atoms with van der Waals surface area (Å²) in [6.45, 7) is 6.73. The third kappa shape index (κ3) is 3.23. The zero-order valence-electron chi connectivity index (χ0n) is 18.2. The molecule has 1 saturated heterocycles. The third-order valence-corrected chi connectivity index (χ3v) is 9.98. The number of benzene rings is 2. The van der Waals surface area contributed by atoms with E-state index in [4.69, 9.17) is 0 Å².